The first-order chi connectivity index (χ1) is 17.6. The lowest BCUT2D eigenvalue weighted by Gasteiger charge is -2.48. The summed E-state index contributed by atoms with van der Waals surface area (Å²) in [6.45, 7) is 4.39. The van der Waals surface area contributed by atoms with Gasteiger partial charge in [0.05, 0.1) is 22.3 Å². The van der Waals surface area contributed by atoms with Gasteiger partial charge in [-0.1, -0.05) is 12.1 Å². The molecule has 2 aromatic heterocycles. The first-order valence-electron chi connectivity index (χ1n) is 11.9. The van der Waals surface area contributed by atoms with E-state index in [-0.39, 0.29) is 11.8 Å². The lowest BCUT2D eigenvalue weighted by Crippen LogP contribution is -2.64. The van der Waals surface area contributed by atoms with Gasteiger partial charge in [-0.25, -0.2) is 4.98 Å². The van der Waals surface area contributed by atoms with Crippen molar-refractivity contribution in [2.24, 2.45) is 0 Å². The SMILES string of the molecule is N#Cc1ccccc1-n1ccc2cc(C(=O)N3CC(N4CCN(C(=O)c5cscn5)CC4)C3)ccc21. The normalized spacial score (nSPS) is 16.6. The van der Waals surface area contributed by atoms with E-state index in [9.17, 15) is 14.9 Å². The Morgan fingerprint density at radius 1 is 0.972 bits per heavy atom. The van der Waals surface area contributed by atoms with E-state index in [1.54, 1.807) is 17.0 Å². The Morgan fingerprint density at radius 2 is 1.78 bits per heavy atom. The second-order valence-electron chi connectivity index (χ2n) is 9.15. The minimum absolute atomic E-state index is 0.00153. The fourth-order valence-electron chi connectivity index (χ4n) is 5.07. The number of nitriles is 1. The Hall–Kier alpha value is -4.00. The van der Waals surface area contributed by atoms with Crippen molar-refractivity contribution in [3.8, 4) is 11.8 Å². The predicted octanol–water partition coefficient (Wildman–Crippen LogP) is 3.24. The summed E-state index contributed by atoms with van der Waals surface area (Å²) in [5, 5.41) is 12.2. The van der Waals surface area contributed by atoms with Crippen LogP contribution in [0.5, 0.6) is 0 Å². The van der Waals surface area contributed by atoms with Crippen LogP contribution in [0.3, 0.4) is 0 Å². The molecule has 9 heteroatoms. The molecule has 8 nitrogen and oxygen atoms in total. The Bertz CT molecular complexity index is 1470. The van der Waals surface area contributed by atoms with Gasteiger partial charge in [-0.15, -0.1) is 11.3 Å². The molecular formula is C27H24N6O2S. The van der Waals surface area contributed by atoms with Crippen molar-refractivity contribution < 1.29 is 9.59 Å². The summed E-state index contributed by atoms with van der Waals surface area (Å²) in [5.74, 6) is 0.0392. The van der Waals surface area contributed by atoms with Gasteiger partial charge < -0.3 is 14.4 Å². The van der Waals surface area contributed by atoms with Crippen molar-refractivity contribution in [3.05, 3.63) is 82.4 Å². The molecule has 6 rings (SSSR count). The van der Waals surface area contributed by atoms with Crippen LogP contribution in [-0.4, -0.2) is 81.4 Å². The average Bonchev–Trinajstić information content (AvgIpc) is 3.58. The monoisotopic (exact) mass is 496 g/mol. The van der Waals surface area contributed by atoms with Crippen LogP contribution < -0.4 is 0 Å². The number of hydrogen-bond acceptors (Lipinski definition) is 6. The third kappa shape index (κ3) is 3.94. The molecule has 2 aliphatic rings. The van der Waals surface area contributed by atoms with Crippen LogP contribution in [0.25, 0.3) is 16.6 Å². The van der Waals surface area contributed by atoms with Gasteiger partial charge in [-0.2, -0.15) is 5.26 Å². The number of carbonyl (C=O) groups is 2. The number of nitrogens with zero attached hydrogens (tertiary/aromatic N) is 6. The zero-order valence-corrected chi connectivity index (χ0v) is 20.4. The Balaban J connectivity index is 1.08. The number of amides is 2. The van der Waals surface area contributed by atoms with Gasteiger partial charge >= 0.3 is 0 Å². The van der Waals surface area contributed by atoms with Gasteiger partial charge in [0.2, 0.25) is 0 Å². The third-order valence-electron chi connectivity index (χ3n) is 7.14. The number of hydrogen-bond donors (Lipinski definition) is 0. The number of para-hydroxylation sites is 1. The molecule has 2 amide bonds. The third-order valence-corrected chi connectivity index (χ3v) is 7.73. The first-order valence-corrected chi connectivity index (χ1v) is 12.9. The molecule has 4 heterocycles. The molecule has 0 radical (unpaired) electrons. The summed E-state index contributed by atoms with van der Waals surface area (Å²) in [7, 11) is 0. The van der Waals surface area contributed by atoms with E-state index in [4.69, 9.17) is 0 Å². The van der Waals surface area contributed by atoms with E-state index in [0.717, 1.165) is 29.7 Å². The molecule has 0 unspecified atom stereocenters. The summed E-state index contributed by atoms with van der Waals surface area (Å²) in [6, 6.07) is 17.8. The Labute approximate surface area is 212 Å². The van der Waals surface area contributed by atoms with Crippen LogP contribution in [0.4, 0.5) is 0 Å². The number of likely N-dealkylation sites (tertiary alicyclic amines) is 1. The summed E-state index contributed by atoms with van der Waals surface area (Å²) in [4.78, 5) is 35.9. The van der Waals surface area contributed by atoms with Crippen LogP contribution in [-0.2, 0) is 0 Å². The molecule has 0 aliphatic carbocycles. The highest BCUT2D eigenvalue weighted by Crippen LogP contribution is 2.26. The zero-order valence-electron chi connectivity index (χ0n) is 19.6. The number of piperazine rings is 1. The van der Waals surface area contributed by atoms with E-state index in [1.807, 2.05) is 63.0 Å². The first kappa shape index (κ1) is 22.5. The highest BCUT2D eigenvalue weighted by Gasteiger charge is 2.37. The van der Waals surface area contributed by atoms with Crippen LogP contribution in [0.2, 0.25) is 0 Å². The zero-order chi connectivity index (χ0) is 24.6. The highest BCUT2D eigenvalue weighted by atomic mass is 32.1. The Morgan fingerprint density at radius 3 is 2.53 bits per heavy atom. The van der Waals surface area contributed by atoms with E-state index in [1.165, 1.54) is 11.3 Å². The molecule has 0 atom stereocenters. The smallest absolute Gasteiger partial charge is 0.273 e. The largest absolute Gasteiger partial charge is 0.335 e. The summed E-state index contributed by atoms with van der Waals surface area (Å²) < 4.78 is 1.99. The van der Waals surface area contributed by atoms with E-state index in [2.05, 4.69) is 16.0 Å². The predicted molar refractivity (Wildman–Crippen MR) is 137 cm³/mol. The van der Waals surface area contributed by atoms with Gasteiger partial charge in [0.1, 0.15) is 11.8 Å². The molecular weight excluding hydrogens is 472 g/mol. The number of thiazole rings is 1. The van der Waals surface area contributed by atoms with E-state index in [0.29, 0.717) is 49.0 Å². The molecule has 0 spiro atoms. The van der Waals surface area contributed by atoms with Gasteiger partial charge in [0.25, 0.3) is 11.8 Å². The Kier molecular flexibility index (Phi) is 5.76. The van der Waals surface area contributed by atoms with Crippen molar-refractivity contribution >= 4 is 34.1 Å². The summed E-state index contributed by atoms with van der Waals surface area (Å²) in [5.41, 5.74) is 5.27. The van der Waals surface area contributed by atoms with Crippen molar-refractivity contribution in [2.45, 2.75) is 6.04 Å². The number of carbonyl (C=O) groups excluding carboxylic acids is 2. The maximum atomic E-state index is 13.1. The molecule has 180 valence electrons. The maximum absolute atomic E-state index is 13.1. The van der Waals surface area contributed by atoms with Crippen LogP contribution in [0, 0.1) is 11.3 Å². The van der Waals surface area contributed by atoms with Crippen molar-refractivity contribution in [3.63, 3.8) is 0 Å². The van der Waals surface area contributed by atoms with Gasteiger partial charge in [-0.05, 0) is 36.4 Å². The van der Waals surface area contributed by atoms with Crippen molar-refractivity contribution in [1.29, 1.82) is 5.26 Å². The molecule has 2 saturated heterocycles. The fraction of sp³-hybridized carbons (Fsp3) is 0.259. The van der Waals surface area contributed by atoms with Gasteiger partial charge in [-0.3, -0.25) is 14.5 Å². The fourth-order valence-corrected chi connectivity index (χ4v) is 5.59. The van der Waals surface area contributed by atoms with Crippen molar-refractivity contribution in [2.75, 3.05) is 39.3 Å². The summed E-state index contributed by atoms with van der Waals surface area (Å²) >= 11 is 1.43. The second-order valence-corrected chi connectivity index (χ2v) is 9.87. The maximum Gasteiger partial charge on any atom is 0.273 e. The quantitative estimate of drug-likeness (QED) is 0.433. The average molecular weight is 497 g/mol. The molecule has 0 saturated carbocycles. The number of benzene rings is 2. The lowest BCUT2D eigenvalue weighted by atomic mass is 10.0. The minimum atomic E-state index is 0.00153. The number of fused-ring (bicyclic) bond motifs is 1. The molecule has 2 aromatic carbocycles. The summed E-state index contributed by atoms with van der Waals surface area (Å²) in [6.07, 6.45) is 1.94. The molecule has 4 aromatic rings. The van der Waals surface area contributed by atoms with E-state index < -0.39 is 0 Å². The van der Waals surface area contributed by atoms with Crippen LogP contribution in [0.1, 0.15) is 26.4 Å². The van der Waals surface area contributed by atoms with E-state index >= 15 is 0 Å². The molecule has 36 heavy (non-hydrogen) atoms. The molecule has 0 bridgehead atoms. The van der Waals surface area contributed by atoms with Gasteiger partial charge in [0, 0.05) is 67.8 Å². The number of rotatable bonds is 4. The van der Waals surface area contributed by atoms with Crippen LogP contribution in [0.15, 0.2) is 65.6 Å². The minimum Gasteiger partial charge on any atom is -0.335 e. The number of aromatic nitrogens is 2. The topological polar surface area (TPSA) is 85.5 Å². The molecule has 0 N–H and O–H groups in total. The molecule has 2 fully saturated rings. The van der Waals surface area contributed by atoms with Crippen LogP contribution >= 0.6 is 11.3 Å². The van der Waals surface area contributed by atoms with Gasteiger partial charge in [0.15, 0.2) is 0 Å². The molecule has 2 aliphatic heterocycles. The second kappa shape index (κ2) is 9.22. The van der Waals surface area contributed by atoms with Crippen molar-refractivity contribution in [1.82, 2.24) is 24.3 Å². The standard InChI is InChI=1S/C27H24N6O2S/c28-14-21-3-1-2-4-24(21)33-8-7-19-13-20(5-6-25(19)33)26(34)32-15-22(16-32)30-9-11-31(12-10-30)27(35)23-17-36-18-29-23/h1-8,13,17-18,22H,9-12,15-16H2. The highest BCUT2D eigenvalue weighted by molar-refractivity contribution is 7.07. The lowest BCUT2D eigenvalue weighted by molar-refractivity contribution is 0.00845.